The van der Waals surface area contributed by atoms with Crippen molar-refractivity contribution in [3.63, 3.8) is 0 Å². The minimum atomic E-state index is 0.775. The molecule has 1 atom stereocenters. The van der Waals surface area contributed by atoms with E-state index >= 15 is 0 Å². The first-order valence-electron chi connectivity index (χ1n) is 6.91. The highest BCUT2D eigenvalue weighted by Crippen LogP contribution is 2.31. The van der Waals surface area contributed by atoms with Gasteiger partial charge in [0, 0.05) is 16.7 Å². The molecule has 1 aliphatic heterocycles. The van der Waals surface area contributed by atoms with Gasteiger partial charge in [-0.15, -0.1) is 11.8 Å². The quantitative estimate of drug-likeness (QED) is 0.859. The molecule has 1 N–H and O–H groups in total. The largest absolute Gasteiger partial charge is 0.316 e. The summed E-state index contributed by atoms with van der Waals surface area (Å²) in [5.41, 5.74) is 3.20. The van der Waals surface area contributed by atoms with Crippen LogP contribution in [0.1, 0.15) is 36.8 Å². The Kier molecular flexibility index (Phi) is 3.72. The zero-order valence-electron chi connectivity index (χ0n) is 10.4. The molecule has 2 aliphatic rings. The molecule has 92 valence electrons. The highest BCUT2D eigenvalue weighted by Gasteiger charge is 2.15. The van der Waals surface area contributed by atoms with Crippen LogP contribution in [0.15, 0.2) is 23.1 Å². The first-order valence-corrected chi connectivity index (χ1v) is 7.79. The zero-order chi connectivity index (χ0) is 11.5. The molecule has 0 spiro atoms. The molecule has 1 nitrogen and oxygen atoms in total. The van der Waals surface area contributed by atoms with E-state index in [0.717, 1.165) is 5.25 Å². The maximum absolute atomic E-state index is 3.55. The van der Waals surface area contributed by atoms with Gasteiger partial charge in [-0.1, -0.05) is 12.5 Å². The second kappa shape index (κ2) is 5.45. The van der Waals surface area contributed by atoms with E-state index in [1.54, 1.807) is 11.1 Å². The van der Waals surface area contributed by atoms with Crippen LogP contribution in [0.25, 0.3) is 0 Å². The monoisotopic (exact) mass is 247 g/mol. The van der Waals surface area contributed by atoms with Crippen molar-refractivity contribution in [3.8, 4) is 0 Å². The van der Waals surface area contributed by atoms with Gasteiger partial charge in [0.2, 0.25) is 0 Å². The van der Waals surface area contributed by atoms with E-state index in [2.05, 4.69) is 35.3 Å². The minimum Gasteiger partial charge on any atom is -0.316 e. The average molecular weight is 247 g/mol. The molecule has 3 rings (SSSR count). The van der Waals surface area contributed by atoms with Gasteiger partial charge in [0.15, 0.2) is 0 Å². The van der Waals surface area contributed by atoms with E-state index in [0.29, 0.717) is 0 Å². The van der Waals surface area contributed by atoms with Gasteiger partial charge in [-0.2, -0.15) is 0 Å². The summed E-state index contributed by atoms with van der Waals surface area (Å²) in [4.78, 5) is 1.49. The summed E-state index contributed by atoms with van der Waals surface area (Å²) in [6, 6.07) is 7.13. The molecule has 1 saturated heterocycles. The zero-order valence-corrected chi connectivity index (χ0v) is 11.2. The van der Waals surface area contributed by atoms with E-state index in [1.807, 2.05) is 0 Å². The second-order valence-corrected chi connectivity index (χ2v) is 6.60. The summed E-state index contributed by atoms with van der Waals surface area (Å²) in [7, 11) is 0. The van der Waals surface area contributed by atoms with Gasteiger partial charge in [0.05, 0.1) is 0 Å². The number of aryl methyl sites for hydroxylation is 2. The summed E-state index contributed by atoms with van der Waals surface area (Å²) in [6.07, 6.45) is 8.05. The van der Waals surface area contributed by atoms with Gasteiger partial charge >= 0.3 is 0 Å². The van der Waals surface area contributed by atoms with Crippen molar-refractivity contribution in [1.82, 2.24) is 5.32 Å². The lowest BCUT2D eigenvalue weighted by Gasteiger charge is -2.14. The van der Waals surface area contributed by atoms with E-state index in [-0.39, 0.29) is 0 Å². The molecular weight excluding hydrogens is 226 g/mol. The number of hydrogen-bond acceptors (Lipinski definition) is 2. The average Bonchev–Trinajstić information content (AvgIpc) is 2.65. The highest BCUT2D eigenvalue weighted by atomic mass is 32.2. The van der Waals surface area contributed by atoms with Crippen LogP contribution >= 0.6 is 11.8 Å². The molecule has 0 bridgehead atoms. The molecule has 2 heteroatoms. The first-order chi connectivity index (χ1) is 8.42. The molecule has 1 aliphatic carbocycles. The lowest BCUT2D eigenvalue weighted by Crippen LogP contribution is -2.22. The van der Waals surface area contributed by atoms with Crippen LogP contribution < -0.4 is 5.32 Å². The van der Waals surface area contributed by atoms with Crippen molar-refractivity contribution in [2.45, 2.75) is 48.7 Å². The van der Waals surface area contributed by atoms with Crippen LogP contribution in [0.2, 0.25) is 0 Å². The lowest BCUT2D eigenvalue weighted by atomic mass is 10.1. The predicted octanol–water partition coefficient (Wildman–Crippen LogP) is 3.41. The minimum absolute atomic E-state index is 0.775. The molecule has 0 radical (unpaired) electrons. The van der Waals surface area contributed by atoms with Crippen molar-refractivity contribution < 1.29 is 0 Å². The van der Waals surface area contributed by atoms with Gasteiger partial charge < -0.3 is 5.32 Å². The van der Waals surface area contributed by atoms with E-state index in [1.165, 1.54) is 56.5 Å². The fourth-order valence-electron chi connectivity index (χ4n) is 2.90. The van der Waals surface area contributed by atoms with Crippen LogP contribution in [0.3, 0.4) is 0 Å². The van der Waals surface area contributed by atoms with Crippen LogP contribution in [0.4, 0.5) is 0 Å². The van der Waals surface area contributed by atoms with Gasteiger partial charge in [-0.3, -0.25) is 0 Å². The summed E-state index contributed by atoms with van der Waals surface area (Å²) < 4.78 is 0. The molecule has 1 aromatic carbocycles. The Hall–Kier alpha value is -0.470. The predicted molar refractivity (Wildman–Crippen MR) is 74.8 cm³/mol. The van der Waals surface area contributed by atoms with Crippen molar-refractivity contribution >= 4 is 11.8 Å². The summed E-state index contributed by atoms with van der Waals surface area (Å²) in [6.45, 7) is 2.39. The molecule has 0 saturated carbocycles. The number of benzene rings is 1. The SMILES string of the molecule is c1cc2c(cc1SC1CCCCNC1)CCC2. The van der Waals surface area contributed by atoms with Crippen molar-refractivity contribution in [3.05, 3.63) is 29.3 Å². The van der Waals surface area contributed by atoms with E-state index in [4.69, 9.17) is 0 Å². The number of nitrogens with one attached hydrogen (secondary N) is 1. The Labute approximate surface area is 108 Å². The first kappa shape index (κ1) is 11.6. The molecule has 0 amide bonds. The van der Waals surface area contributed by atoms with Gasteiger partial charge in [-0.05, 0) is 61.9 Å². The van der Waals surface area contributed by atoms with Crippen LogP contribution in [0, 0.1) is 0 Å². The Balaban J connectivity index is 1.67. The molecule has 1 unspecified atom stereocenters. The maximum Gasteiger partial charge on any atom is 0.0219 e. The molecule has 1 heterocycles. The van der Waals surface area contributed by atoms with Crippen LogP contribution in [0.5, 0.6) is 0 Å². The number of thioether (sulfide) groups is 1. The lowest BCUT2D eigenvalue weighted by molar-refractivity contribution is 0.706. The molecule has 0 aromatic heterocycles. The van der Waals surface area contributed by atoms with Crippen molar-refractivity contribution in [2.75, 3.05) is 13.1 Å². The van der Waals surface area contributed by atoms with E-state index in [9.17, 15) is 0 Å². The fourth-order valence-corrected chi connectivity index (χ4v) is 4.13. The number of rotatable bonds is 2. The smallest absolute Gasteiger partial charge is 0.0219 e. The number of hydrogen-bond donors (Lipinski definition) is 1. The molecular formula is C15H21NS. The highest BCUT2D eigenvalue weighted by molar-refractivity contribution is 8.00. The van der Waals surface area contributed by atoms with Crippen LogP contribution in [-0.4, -0.2) is 18.3 Å². The van der Waals surface area contributed by atoms with E-state index < -0.39 is 0 Å². The Morgan fingerprint density at radius 1 is 1.06 bits per heavy atom. The molecule has 1 aromatic rings. The fraction of sp³-hybridized carbons (Fsp3) is 0.600. The third-order valence-corrected chi connectivity index (χ3v) is 5.14. The van der Waals surface area contributed by atoms with Gasteiger partial charge in [0.25, 0.3) is 0 Å². The standard InChI is InChI=1S/C15H21NS/c1-2-9-16-11-15(6-1)17-14-8-7-12-4-3-5-13(12)10-14/h7-8,10,15-16H,1-6,9,11H2. The normalized spacial score (nSPS) is 24.4. The third-order valence-electron chi connectivity index (χ3n) is 3.87. The molecule has 1 fully saturated rings. The Morgan fingerprint density at radius 3 is 3.00 bits per heavy atom. The van der Waals surface area contributed by atoms with Crippen molar-refractivity contribution in [1.29, 1.82) is 0 Å². The van der Waals surface area contributed by atoms with Gasteiger partial charge in [-0.25, -0.2) is 0 Å². The summed E-state index contributed by atoms with van der Waals surface area (Å²) in [5, 5.41) is 4.32. The topological polar surface area (TPSA) is 12.0 Å². The second-order valence-electron chi connectivity index (χ2n) is 5.22. The summed E-state index contributed by atoms with van der Waals surface area (Å²) >= 11 is 2.08. The molecule has 17 heavy (non-hydrogen) atoms. The van der Waals surface area contributed by atoms with Crippen molar-refractivity contribution in [2.24, 2.45) is 0 Å². The number of fused-ring (bicyclic) bond motifs is 1. The summed E-state index contributed by atoms with van der Waals surface area (Å²) in [5.74, 6) is 0. The van der Waals surface area contributed by atoms with Crippen LogP contribution in [-0.2, 0) is 12.8 Å². The Bertz CT molecular complexity index is 381. The van der Waals surface area contributed by atoms with Gasteiger partial charge in [0.1, 0.15) is 0 Å². The third kappa shape index (κ3) is 2.86. The Morgan fingerprint density at radius 2 is 2.00 bits per heavy atom. The maximum atomic E-state index is 3.55.